The Kier molecular flexibility index (Phi) is 25.3. The van der Waals surface area contributed by atoms with Crippen LogP contribution in [0.5, 0.6) is 63.2 Å². The fraction of sp³-hybridized carbons (Fsp3) is 0.377. The third-order valence-corrected chi connectivity index (χ3v) is 16.9. The number of carbonyl (C=O) groups excluding carboxylic acids is 4. The summed E-state index contributed by atoms with van der Waals surface area (Å²) in [6, 6.07) is 16.3. The maximum atomic E-state index is 13.1. The summed E-state index contributed by atoms with van der Waals surface area (Å²) in [6.07, 6.45) is -33.4. The van der Waals surface area contributed by atoms with Crippen molar-refractivity contribution < 1.29 is 188 Å². The topological polar surface area (TPSA) is 610 Å². The Morgan fingerprint density at radius 2 is 0.776 bits per heavy atom. The third kappa shape index (κ3) is 19.1. The fourth-order valence-electron chi connectivity index (χ4n) is 11.1. The second-order valence-electron chi connectivity index (χ2n) is 24.5. The number of rotatable bonds is 25. The lowest BCUT2D eigenvalue weighted by Gasteiger charge is -2.41. The van der Waals surface area contributed by atoms with Crippen LogP contribution in [0.4, 0.5) is 0 Å². The summed E-state index contributed by atoms with van der Waals surface area (Å²) in [5.41, 5.74) is 0.407. The number of aliphatic hydroxyl groups is 12. The van der Waals surface area contributed by atoms with E-state index < -0.39 is 249 Å². The lowest BCUT2D eigenvalue weighted by Crippen LogP contribution is -2.60. The minimum absolute atomic E-state index is 0.124. The number of allylic oxidation sites excluding steroid dienone is 1. The van der Waals surface area contributed by atoms with Crippen LogP contribution >= 0.6 is 0 Å². The summed E-state index contributed by atoms with van der Waals surface area (Å²) in [6.45, 7) is -3.15. The summed E-state index contributed by atoms with van der Waals surface area (Å²) in [5, 5.41) is 212. The fourth-order valence-corrected chi connectivity index (χ4v) is 11.1. The number of aliphatic carboxylic acids is 1. The number of carbonyl (C=O) groups is 5. The summed E-state index contributed by atoms with van der Waals surface area (Å²) in [4.78, 5) is 61.5. The highest BCUT2D eigenvalue weighted by Gasteiger charge is 2.50. The minimum atomic E-state index is -2.13. The smallest absolute Gasteiger partial charge is 0.330 e. The van der Waals surface area contributed by atoms with Crippen molar-refractivity contribution >= 4 is 53.8 Å². The lowest BCUT2D eigenvalue weighted by molar-refractivity contribution is -0.292. The molecular weight excluding hydrogens is 1440 g/mol. The molecule has 5 aliphatic rings. The monoisotopic (exact) mass is 1510 g/mol. The number of fused-ring (bicyclic) bond motifs is 1. The van der Waals surface area contributed by atoms with E-state index in [1.807, 2.05) is 0 Å². The number of carboxylic acids is 1. The van der Waals surface area contributed by atoms with Crippen molar-refractivity contribution in [3.8, 4) is 63.2 Å². The molecule has 5 heterocycles. The van der Waals surface area contributed by atoms with Gasteiger partial charge in [0, 0.05) is 47.9 Å². The van der Waals surface area contributed by atoms with Gasteiger partial charge in [-0.2, -0.15) is 0 Å². The molecule has 5 aliphatic heterocycles. The van der Waals surface area contributed by atoms with Crippen LogP contribution in [-0.2, 0) is 73.0 Å². The largest absolute Gasteiger partial charge is 0.507 e. The molecule has 20 N–H and O–H groups in total. The van der Waals surface area contributed by atoms with E-state index in [0.29, 0.717) is 5.56 Å². The zero-order chi connectivity index (χ0) is 77.4. The Labute approximate surface area is 601 Å². The molecule has 0 amide bonds. The van der Waals surface area contributed by atoms with Gasteiger partial charge in [0.2, 0.25) is 25.2 Å². The number of phenolic OH excluding ortho intramolecular Hbond substituents is 7. The number of hydrogen-bond acceptors (Lipinski definition) is 37. The number of benzene rings is 5. The first-order valence-corrected chi connectivity index (χ1v) is 32.2. The second-order valence-corrected chi connectivity index (χ2v) is 24.5. The average Bonchev–Trinajstić information content (AvgIpc) is 0.771. The molecular formula is C69H72O38. The molecule has 38 heteroatoms. The van der Waals surface area contributed by atoms with E-state index >= 15 is 0 Å². The predicted octanol–water partition coefficient (Wildman–Crippen LogP) is -2.90. The van der Waals surface area contributed by atoms with E-state index in [-0.39, 0.29) is 39.5 Å². The molecule has 0 aromatic heterocycles. The summed E-state index contributed by atoms with van der Waals surface area (Å²) in [7, 11) is 0. The Morgan fingerprint density at radius 1 is 0.383 bits per heavy atom. The molecule has 5 aromatic carbocycles. The molecule has 0 bridgehead atoms. The van der Waals surface area contributed by atoms with Crippen LogP contribution < -0.4 is 18.9 Å². The highest BCUT2D eigenvalue weighted by Crippen LogP contribution is 2.46. The van der Waals surface area contributed by atoms with Gasteiger partial charge in [-0.05, 0) is 89.5 Å². The van der Waals surface area contributed by atoms with Gasteiger partial charge in [0.25, 0.3) is 0 Å². The van der Waals surface area contributed by atoms with Crippen LogP contribution in [0.2, 0.25) is 0 Å². The van der Waals surface area contributed by atoms with Gasteiger partial charge in [-0.15, -0.1) is 0 Å². The lowest BCUT2D eigenvalue weighted by atomic mass is 9.98. The SMILES string of the molecule is O=C(O)CC(=O)OCC1OC(OC2=C(c3ccc(O)c(OC4OC(COC(=O)C=Cc5ccc(OC6OC(COC(=O)C=Cc7ccc(O)c(O)c7)C(O)C(O)C6O)c(O)c5)C(O)C(O)C4O)c3)Oc3cc(OC4OC(COC(=O)C=Cc5ccc(O)c(O)c5)C(O)C(O)C4O)cc(O)c3C2)C(O)C(O)C1O. The van der Waals surface area contributed by atoms with Crippen molar-refractivity contribution in [3.05, 3.63) is 137 Å². The standard InChI is InChI=1S/C69H72O38/c70-33-8-1-27(15-37(33)74)4-12-49(79)95-23-44-53(83)57(87)61(91)66(104-44)99-31-19-36(73)32-21-43(103-69-64(94)60(90)56(86)47(107-69)26-98-52(82)22-48(77)78)65(100-41(32)20-31)30-7-10-35(72)42(18-30)102-68-63(93)59(89)55(85)46(106-68)25-97-51(81)14-6-29-3-11-40(39(76)17-29)101-67-62(92)58(88)54(84)45(105-67)24-96-50(80)13-5-28-2-9-34(71)38(75)16-28/h1-20,44-47,53-64,66-76,83-94H,21-26H2,(H,77,78). The van der Waals surface area contributed by atoms with Crippen LogP contribution in [0.3, 0.4) is 0 Å². The van der Waals surface area contributed by atoms with Crippen molar-refractivity contribution in [2.75, 3.05) is 26.4 Å². The Hall–Kier alpha value is -10.6. The number of ether oxygens (including phenoxy) is 13. The Bertz CT molecular complexity index is 4170. The normalized spacial score (nSPS) is 29.3. The van der Waals surface area contributed by atoms with Gasteiger partial charge in [0.1, 0.15) is 154 Å². The van der Waals surface area contributed by atoms with Crippen molar-refractivity contribution in [1.29, 1.82) is 0 Å². The number of carboxylic acid groups (broad SMARTS) is 1. The molecule has 10 rings (SSSR count). The highest BCUT2D eigenvalue weighted by atomic mass is 16.7. The molecule has 4 saturated heterocycles. The molecule has 20 unspecified atom stereocenters. The molecule has 576 valence electrons. The minimum Gasteiger partial charge on any atom is -0.507 e. The van der Waals surface area contributed by atoms with E-state index in [1.54, 1.807) is 0 Å². The molecule has 4 fully saturated rings. The summed E-state index contributed by atoms with van der Waals surface area (Å²) < 4.78 is 73.0. The molecule has 0 spiro atoms. The van der Waals surface area contributed by atoms with E-state index in [1.165, 1.54) is 48.6 Å². The first-order valence-electron chi connectivity index (χ1n) is 32.2. The predicted molar refractivity (Wildman–Crippen MR) is 348 cm³/mol. The Morgan fingerprint density at radius 3 is 1.21 bits per heavy atom. The Balaban J connectivity index is 0.816. The molecule has 107 heavy (non-hydrogen) atoms. The van der Waals surface area contributed by atoms with Gasteiger partial charge in [0.15, 0.2) is 51.8 Å². The number of hydrogen-bond donors (Lipinski definition) is 20. The highest BCUT2D eigenvalue weighted by molar-refractivity contribution is 5.90. The van der Waals surface area contributed by atoms with Crippen LogP contribution in [-0.4, -0.2) is 281 Å². The second kappa shape index (κ2) is 34.3. The van der Waals surface area contributed by atoms with Gasteiger partial charge < -0.3 is 164 Å². The molecule has 0 aliphatic carbocycles. The average molecular weight is 1510 g/mol. The van der Waals surface area contributed by atoms with Crippen LogP contribution in [0.15, 0.2) is 109 Å². The summed E-state index contributed by atoms with van der Waals surface area (Å²) >= 11 is 0. The van der Waals surface area contributed by atoms with Gasteiger partial charge in [-0.25, -0.2) is 14.4 Å². The number of aliphatic hydroxyl groups excluding tert-OH is 12. The van der Waals surface area contributed by atoms with Crippen molar-refractivity contribution in [3.63, 3.8) is 0 Å². The van der Waals surface area contributed by atoms with Gasteiger partial charge in [-0.3, -0.25) is 9.59 Å². The zero-order valence-corrected chi connectivity index (χ0v) is 55.1. The van der Waals surface area contributed by atoms with E-state index in [4.69, 9.17) is 66.7 Å². The number of aromatic hydroxyl groups is 7. The maximum absolute atomic E-state index is 13.1. The number of phenols is 7. The number of esters is 4. The first kappa shape index (κ1) is 78.9. The molecule has 0 saturated carbocycles. The molecule has 5 aromatic rings. The van der Waals surface area contributed by atoms with Gasteiger partial charge in [-0.1, -0.05) is 18.2 Å². The van der Waals surface area contributed by atoms with E-state index in [9.17, 15) is 121 Å². The van der Waals surface area contributed by atoms with E-state index in [0.717, 1.165) is 72.8 Å². The molecule has 38 nitrogen and oxygen atoms in total. The quantitative estimate of drug-likeness (QED) is 0.00916. The van der Waals surface area contributed by atoms with Crippen LogP contribution in [0.1, 0.15) is 34.2 Å². The maximum Gasteiger partial charge on any atom is 0.330 e. The van der Waals surface area contributed by atoms with Crippen LogP contribution in [0, 0.1) is 0 Å². The van der Waals surface area contributed by atoms with Crippen molar-refractivity contribution in [1.82, 2.24) is 0 Å². The van der Waals surface area contributed by atoms with E-state index in [2.05, 4.69) is 0 Å². The third-order valence-electron chi connectivity index (χ3n) is 16.9. The summed E-state index contributed by atoms with van der Waals surface area (Å²) in [5.74, 6) is -12.0. The zero-order valence-electron chi connectivity index (χ0n) is 55.1. The van der Waals surface area contributed by atoms with Crippen LogP contribution in [0.25, 0.3) is 24.0 Å². The van der Waals surface area contributed by atoms with Crippen molar-refractivity contribution in [2.45, 2.75) is 136 Å². The molecule has 20 atom stereocenters. The van der Waals surface area contributed by atoms with Gasteiger partial charge in [0.05, 0.1) is 0 Å². The van der Waals surface area contributed by atoms with Gasteiger partial charge >= 0.3 is 29.8 Å². The molecule has 0 radical (unpaired) electrons. The first-order chi connectivity index (χ1) is 50.8. The van der Waals surface area contributed by atoms with Crippen molar-refractivity contribution in [2.24, 2.45) is 0 Å².